The molecular weight excluding hydrogens is 226 g/mol. The quantitative estimate of drug-likeness (QED) is 0.795. The van der Waals surface area contributed by atoms with Gasteiger partial charge in [0, 0.05) is 14.1 Å². The van der Waals surface area contributed by atoms with Gasteiger partial charge < -0.3 is 14.7 Å². The third-order valence-corrected chi connectivity index (χ3v) is 2.30. The van der Waals surface area contributed by atoms with Crippen LogP contribution < -0.4 is 4.74 Å². The normalized spacial score (nSPS) is 10.1. The number of aliphatic carboxylic acids is 1. The van der Waals surface area contributed by atoms with Crippen LogP contribution in [0.1, 0.15) is 16.1 Å². The van der Waals surface area contributed by atoms with Gasteiger partial charge in [-0.05, 0) is 6.92 Å². The lowest BCUT2D eigenvalue weighted by Gasteiger charge is -2.14. The number of rotatable bonds is 4. The van der Waals surface area contributed by atoms with E-state index in [4.69, 9.17) is 9.84 Å². The number of methoxy groups -OCH3 is 1. The highest BCUT2D eigenvalue weighted by Gasteiger charge is 2.24. The monoisotopic (exact) mass is 241 g/mol. The zero-order chi connectivity index (χ0) is 13.2. The molecule has 7 nitrogen and oxygen atoms in total. The Morgan fingerprint density at radius 3 is 2.59 bits per heavy atom. The molecule has 1 rings (SSSR count). The van der Waals surface area contributed by atoms with Crippen LogP contribution in [0.15, 0.2) is 0 Å². The van der Waals surface area contributed by atoms with Crippen molar-refractivity contribution in [2.75, 3.05) is 20.7 Å². The summed E-state index contributed by atoms with van der Waals surface area (Å²) in [7, 11) is 4.51. The predicted octanol–water partition coefficient (Wildman–Crippen LogP) is -0.106. The van der Waals surface area contributed by atoms with Crippen LogP contribution >= 0.6 is 0 Å². The molecule has 1 aromatic rings. The molecule has 0 aliphatic heterocycles. The van der Waals surface area contributed by atoms with E-state index in [1.807, 2.05) is 0 Å². The molecule has 0 bridgehead atoms. The summed E-state index contributed by atoms with van der Waals surface area (Å²) in [5.41, 5.74) is 0.797. The van der Waals surface area contributed by atoms with E-state index in [0.29, 0.717) is 17.1 Å². The first kappa shape index (κ1) is 13.0. The lowest BCUT2D eigenvalue weighted by molar-refractivity contribution is -0.137. The molecule has 7 heteroatoms. The summed E-state index contributed by atoms with van der Waals surface area (Å²) >= 11 is 0. The molecule has 0 aromatic carbocycles. The van der Waals surface area contributed by atoms with Gasteiger partial charge in [-0.25, -0.2) is 4.68 Å². The van der Waals surface area contributed by atoms with Crippen LogP contribution in [0, 0.1) is 6.92 Å². The van der Waals surface area contributed by atoms with Crippen LogP contribution in [0.5, 0.6) is 5.88 Å². The topological polar surface area (TPSA) is 84.7 Å². The summed E-state index contributed by atoms with van der Waals surface area (Å²) in [6.07, 6.45) is 0. The lowest BCUT2D eigenvalue weighted by Crippen LogP contribution is -2.32. The summed E-state index contributed by atoms with van der Waals surface area (Å²) in [4.78, 5) is 23.7. The summed E-state index contributed by atoms with van der Waals surface area (Å²) < 4.78 is 6.52. The van der Waals surface area contributed by atoms with Gasteiger partial charge in [0.05, 0.1) is 12.8 Å². The van der Waals surface area contributed by atoms with E-state index in [1.165, 1.54) is 18.8 Å². The number of aryl methyl sites for hydroxylation is 2. The maximum Gasteiger partial charge on any atom is 0.323 e. The molecule has 0 aliphatic rings. The second-order valence-electron chi connectivity index (χ2n) is 3.65. The number of amides is 1. The fourth-order valence-electron chi connectivity index (χ4n) is 1.58. The third-order valence-electron chi connectivity index (χ3n) is 2.30. The minimum atomic E-state index is -1.07. The Labute approximate surface area is 98.6 Å². The van der Waals surface area contributed by atoms with Gasteiger partial charge in [-0.3, -0.25) is 9.59 Å². The fraction of sp³-hybridized carbons (Fsp3) is 0.500. The standard InChI is InChI=1S/C10H15N3O4/c1-6-8(10(17-4)13(3)11-6)9(16)12(2)5-7(14)15/h5H2,1-4H3,(H,14,15). The fourth-order valence-corrected chi connectivity index (χ4v) is 1.58. The lowest BCUT2D eigenvalue weighted by atomic mass is 10.2. The van der Waals surface area contributed by atoms with Crippen molar-refractivity contribution in [1.82, 2.24) is 14.7 Å². The molecule has 1 aromatic heterocycles. The number of ether oxygens (including phenoxy) is 1. The van der Waals surface area contributed by atoms with Crippen molar-refractivity contribution in [3.63, 3.8) is 0 Å². The molecule has 0 atom stereocenters. The Bertz CT molecular complexity index is 453. The Morgan fingerprint density at radius 2 is 2.12 bits per heavy atom. The Morgan fingerprint density at radius 1 is 1.53 bits per heavy atom. The number of carboxylic acid groups (broad SMARTS) is 1. The Hall–Kier alpha value is -2.05. The highest BCUT2D eigenvalue weighted by atomic mass is 16.5. The number of carbonyl (C=O) groups is 2. The number of carbonyl (C=O) groups excluding carboxylic acids is 1. The van der Waals surface area contributed by atoms with Gasteiger partial charge in [-0.15, -0.1) is 0 Å². The van der Waals surface area contributed by atoms with Crippen molar-refractivity contribution in [3.05, 3.63) is 11.3 Å². The van der Waals surface area contributed by atoms with Crippen molar-refractivity contribution >= 4 is 11.9 Å². The molecule has 94 valence electrons. The molecule has 0 saturated carbocycles. The SMILES string of the molecule is COc1c(C(=O)N(C)CC(=O)O)c(C)nn1C. The summed E-state index contributed by atoms with van der Waals surface area (Å²) in [5.74, 6) is -1.17. The zero-order valence-electron chi connectivity index (χ0n) is 10.2. The van der Waals surface area contributed by atoms with Crippen molar-refractivity contribution < 1.29 is 19.4 Å². The highest BCUT2D eigenvalue weighted by Crippen LogP contribution is 2.22. The van der Waals surface area contributed by atoms with Gasteiger partial charge in [0.25, 0.3) is 5.91 Å². The van der Waals surface area contributed by atoms with E-state index >= 15 is 0 Å². The molecular formula is C10H15N3O4. The molecule has 0 fully saturated rings. The van der Waals surface area contributed by atoms with Crippen LogP contribution in [-0.2, 0) is 11.8 Å². The first-order valence-electron chi connectivity index (χ1n) is 4.93. The first-order chi connectivity index (χ1) is 7.88. The molecule has 17 heavy (non-hydrogen) atoms. The van der Waals surface area contributed by atoms with Crippen molar-refractivity contribution in [1.29, 1.82) is 0 Å². The van der Waals surface area contributed by atoms with Crippen molar-refractivity contribution in [2.45, 2.75) is 6.92 Å². The molecule has 0 saturated heterocycles. The van der Waals surface area contributed by atoms with Gasteiger partial charge in [0.1, 0.15) is 12.1 Å². The third kappa shape index (κ3) is 2.55. The first-order valence-corrected chi connectivity index (χ1v) is 4.93. The predicted molar refractivity (Wildman–Crippen MR) is 59.1 cm³/mol. The minimum Gasteiger partial charge on any atom is -0.481 e. The van der Waals surface area contributed by atoms with E-state index in [0.717, 1.165) is 4.90 Å². The average Bonchev–Trinajstić information content (AvgIpc) is 2.50. The Kier molecular flexibility index (Phi) is 3.72. The highest BCUT2D eigenvalue weighted by molar-refractivity contribution is 5.98. The smallest absolute Gasteiger partial charge is 0.323 e. The second-order valence-corrected chi connectivity index (χ2v) is 3.65. The van der Waals surface area contributed by atoms with Crippen LogP contribution in [0.3, 0.4) is 0 Å². The van der Waals surface area contributed by atoms with Gasteiger partial charge in [-0.1, -0.05) is 0 Å². The average molecular weight is 241 g/mol. The number of carboxylic acids is 1. The molecule has 1 N–H and O–H groups in total. The second kappa shape index (κ2) is 4.86. The largest absolute Gasteiger partial charge is 0.481 e. The van der Waals surface area contributed by atoms with Gasteiger partial charge in [-0.2, -0.15) is 5.10 Å². The molecule has 0 spiro atoms. The van der Waals surface area contributed by atoms with Crippen LogP contribution in [0.4, 0.5) is 0 Å². The summed E-state index contributed by atoms with van der Waals surface area (Å²) in [5, 5.41) is 12.7. The zero-order valence-corrected chi connectivity index (χ0v) is 10.2. The van der Waals surface area contributed by atoms with E-state index in [1.54, 1.807) is 14.0 Å². The van der Waals surface area contributed by atoms with Gasteiger partial charge in [0.15, 0.2) is 0 Å². The molecule has 0 radical (unpaired) electrons. The number of hydrogen-bond donors (Lipinski definition) is 1. The van der Waals surface area contributed by atoms with E-state index in [9.17, 15) is 9.59 Å². The molecule has 0 aliphatic carbocycles. The van der Waals surface area contributed by atoms with E-state index < -0.39 is 11.9 Å². The number of hydrogen-bond acceptors (Lipinski definition) is 4. The molecule has 1 amide bonds. The minimum absolute atomic E-state index is 0.291. The summed E-state index contributed by atoms with van der Waals surface area (Å²) in [6.45, 7) is 1.31. The number of likely N-dealkylation sites (N-methyl/N-ethyl adjacent to an activating group) is 1. The van der Waals surface area contributed by atoms with Crippen molar-refractivity contribution in [3.8, 4) is 5.88 Å². The van der Waals surface area contributed by atoms with E-state index in [-0.39, 0.29) is 6.54 Å². The maximum absolute atomic E-state index is 12.0. The Balaban J connectivity index is 3.07. The van der Waals surface area contributed by atoms with Gasteiger partial charge in [0.2, 0.25) is 5.88 Å². The number of nitrogens with zero attached hydrogens (tertiary/aromatic N) is 3. The summed E-state index contributed by atoms with van der Waals surface area (Å²) in [6, 6.07) is 0. The maximum atomic E-state index is 12.0. The van der Waals surface area contributed by atoms with Crippen LogP contribution in [0.25, 0.3) is 0 Å². The van der Waals surface area contributed by atoms with Crippen LogP contribution in [0.2, 0.25) is 0 Å². The van der Waals surface area contributed by atoms with E-state index in [2.05, 4.69) is 5.10 Å². The van der Waals surface area contributed by atoms with Crippen molar-refractivity contribution in [2.24, 2.45) is 7.05 Å². The molecule has 1 heterocycles. The van der Waals surface area contributed by atoms with Gasteiger partial charge >= 0.3 is 5.97 Å². The van der Waals surface area contributed by atoms with Crippen LogP contribution in [-0.4, -0.2) is 52.4 Å². The number of aromatic nitrogens is 2. The molecule has 0 unspecified atom stereocenters.